The molecule has 1 aliphatic rings. The summed E-state index contributed by atoms with van der Waals surface area (Å²) in [6, 6.07) is 15.5. The molecule has 0 aliphatic carbocycles. The first-order valence-electron chi connectivity index (χ1n) is 8.19. The molecular formula is C19H23Cl2N3O. The van der Waals surface area contributed by atoms with Crippen LogP contribution in [0, 0.1) is 0 Å². The molecular weight excluding hydrogens is 357 g/mol. The van der Waals surface area contributed by atoms with Gasteiger partial charge in [-0.15, -0.1) is 12.4 Å². The predicted molar refractivity (Wildman–Crippen MR) is 105 cm³/mol. The number of anilines is 1. The molecule has 25 heavy (non-hydrogen) atoms. The number of rotatable bonds is 4. The molecule has 134 valence electrons. The van der Waals surface area contributed by atoms with Crippen molar-refractivity contribution >= 4 is 35.6 Å². The van der Waals surface area contributed by atoms with Crippen LogP contribution in [0.15, 0.2) is 48.5 Å². The van der Waals surface area contributed by atoms with E-state index in [4.69, 9.17) is 17.3 Å². The number of nitrogen functional groups attached to an aromatic ring is 1. The van der Waals surface area contributed by atoms with Crippen molar-refractivity contribution in [3.8, 4) is 0 Å². The van der Waals surface area contributed by atoms with Crippen LogP contribution in [0.4, 0.5) is 5.69 Å². The lowest BCUT2D eigenvalue weighted by Crippen LogP contribution is -2.48. The largest absolute Gasteiger partial charge is 0.399 e. The van der Waals surface area contributed by atoms with E-state index >= 15 is 0 Å². The molecule has 0 radical (unpaired) electrons. The normalized spacial score (nSPS) is 14.8. The number of nitrogens with two attached hydrogens (primary N) is 1. The van der Waals surface area contributed by atoms with Crippen molar-refractivity contribution in [3.05, 3.63) is 64.7 Å². The zero-order valence-corrected chi connectivity index (χ0v) is 15.6. The summed E-state index contributed by atoms with van der Waals surface area (Å²) in [5.41, 5.74) is 8.85. The number of piperazine rings is 1. The summed E-state index contributed by atoms with van der Waals surface area (Å²) in [4.78, 5) is 16.7. The van der Waals surface area contributed by atoms with E-state index < -0.39 is 0 Å². The van der Waals surface area contributed by atoms with Gasteiger partial charge in [-0.3, -0.25) is 9.69 Å². The van der Waals surface area contributed by atoms with Gasteiger partial charge in [0.25, 0.3) is 0 Å². The first-order valence-corrected chi connectivity index (χ1v) is 8.57. The zero-order valence-electron chi connectivity index (χ0n) is 14.0. The molecule has 2 aromatic carbocycles. The van der Waals surface area contributed by atoms with Gasteiger partial charge in [0.15, 0.2) is 0 Å². The second-order valence-corrected chi connectivity index (χ2v) is 6.64. The van der Waals surface area contributed by atoms with Crippen LogP contribution in [0.3, 0.4) is 0 Å². The van der Waals surface area contributed by atoms with Gasteiger partial charge < -0.3 is 10.6 Å². The Balaban J connectivity index is 0.00000225. The lowest BCUT2D eigenvalue weighted by molar-refractivity contribution is -0.132. The number of halogens is 2. The topological polar surface area (TPSA) is 49.6 Å². The van der Waals surface area contributed by atoms with E-state index in [0.29, 0.717) is 11.4 Å². The second kappa shape index (κ2) is 9.09. The van der Waals surface area contributed by atoms with Gasteiger partial charge in [0.1, 0.15) is 0 Å². The molecule has 0 bridgehead atoms. The summed E-state index contributed by atoms with van der Waals surface area (Å²) in [5.74, 6) is 0.181. The highest BCUT2D eigenvalue weighted by molar-refractivity contribution is 6.30. The lowest BCUT2D eigenvalue weighted by atomic mass is 10.1. The van der Waals surface area contributed by atoms with Crippen molar-refractivity contribution < 1.29 is 4.79 Å². The van der Waals surface area contributed by atoms with E-state index in [-0.39, 0.29) is 18.3 Å². The Labute approximate surface area is 160 Å². The smallest absolute Gasteiger partial charge is 0.227 e. The molecule has 1 saturated heterocycles. The van der Waals surface area contributed by atoms with E-state index in [1.807, 2.05) is 47.4 Å². The SMILES string of the molecule is Cl.Nc1cccc(CN2CCN(C(=O)Cc3ccc(Cl)cc3)CC2)c1. The van der Waals surface area contributed by atoms with Crippen molar-refractivity contribution in [1.29, 1.82) is 0 Å². The number of carbonyl (C=O) groups excluding carboxylic acids is 1. The summed E-state index contributed by atoms with van der Waals surface area (Å²) in [6.07, 6.45) is 0.437. The van der Waals surface area contributed by atoms with Crippen LogP contribution in [0.2, 0.25) is 5.02 Å². The van der Waals surface area contributed by atoms with Gasteiger partial charge in [0.05, 0.1) is 6.42 Å². The summed E-state index contributed by atoms with van der Waals surface area (Å²) in [7, 11) is 0. The summed E-state index contributed by atoms with van der Waals surface area (Å²) < 4.78 is 0. The second-order valence-electron chi connectivity index (χ2n) is 6.21. The van der Waals surface area contributed by atoms with Crippen LogP contribution < -0.4 is 5.73 Å². The Morgan fingerprint density at radius 1 is 1.00 bits per heavy atom. The summed E-state index contributed by atoms with van der Waals surface area (Å²) >= 11 is 5.88. The van der Waals surface area contributed by atoms with E-state index in [0.717, 1.165) is 44.0 Å². The van der Waals surface area contributed by atoms with Gasteiger partial charge in [0.2, 0.25) is 5.91 Å². The lowest BCUT2D eigenvalue weighted by Gasteiger charge is -2.35. The Bertz CT molecular complexity index is 698. The Morgan fingerprint density at radius 2 is 1.68 bits per heavy atom. The highest BCUT2D eigenvalue weighted by Gasteiger charge is 2.21. The van der Waals surface area contributed by atoms with Gasteiger partial charge in [-0.05, 0) is 35.4 Å². The van der Waals surface area contributed by atoms with Crippen LogP contribution >= 0.6 is 24.0 Å². The third-order valence-corrected chi connectivity index (χ3v) is 4.60. The molecule has 1 heterocycles. The molecule has 1 amide bonds. The molecule has 0 unspecified atom stereocenters. The number of carbonyl (C=O) groups is 1. The molecule has 3 rings (SSSR count). The van der Waals surface area contributed by atoms with Crippen LogP contribution in [-0.2, 0) is 17.8 Å². The van der Waals surface area contributed by atoms with Gasteiger partial charge in [-0.1, -0.05) is 35.9 Å². The number of hydrogen-bond acceptors (Lipinski definition) is 3. The Hall–Kier alpha value is -1.75. The first kappa shape index (κ1) is 19.6. The standard InChI is InChI=1S/C19H22ClN3O.ClH/c20-17-6-4-15(5-7-17)13-19(24)23-10-8-22(9-11-23)14-16-2-1-3-18(21)12-16;/h1-7,12H,8-11,13-14,21H2;1H. The van der Waals surface area contributed by atoms with Crippen LogP contribution in [0.1, 0.15) is 11.1 Å². The van der Waals surface area contributed by atoms with Crippen LogP contribution in [0.5, 0.6) is 0 Å². The molecule has 0 aromatic heterocycles. The van der Waals surface area contributed by atoms with Crippen molar-refractivity contribution in [2.75, 3.05) is 31.9 Å². The molecule has 0 saturated carbocycles. The fourth-order valence-electron chi connectivity index (χ4n) is 2.99. The fourth-order valence-corrected chi connectivity index (χ4v) is 3.12. The van der Waals surface area contributed by atoms with Crippen molar-refractivity contribution in [1.82, 2.24) is 9.80 Å². The molecule has 0 spiro atoms. The quantitative estimate of drug-likeness (QED) is 0.829. The van der Waals surface area contributed by atoms with Gasteiger partial charge in [-0.2, -0.15) is 0 Å². The van der Waals surface area contributed by atoms with Gasteiger partial charge in [0, 0.05) is 43.4 Å². The highest BCUT2D eigenvalue weighted by atomic mass is 35.5. The molecule has 1 fully saturated rings. The third kappa shape index (κ3) is 5.63. The average Bonchev–Trinajstić information content (AvgIpc) is 2.57. The third-order valence-electron chi connectivity index (χ3n) is 4.35. The minimum Gasteiger partial charge on any atom is -0.399 e. The van der Waals surface area contributed by atoms with Gasteiger partial charge in [-0.25, -0.2) is 0 Å². The van der Waals surface area contributed by atoms with E-state index in [2.05, 4.69) is 11.0 Å². The van der Waals surface area contributed by atoms with Crippen LogP contribution in [0.25, 0.3) is 0 Å². The van der Waals surface area contributed by atoms with E-state index in [9.17, 15) is 4.79 Å². The van der Waals surface area contributed by atoms with Crippen molar-refractivity contribution in [2.45, 2.75) is 13.0 Å². The van der Waals surface area contributed by atoms with E-state index in [1.165, 1.54) is 5.56 Å². The Kier molecular flexibility index (Phi) is 7.12. The highest BCUT2D eigenvalue weighted by Crippen LogP contribution is 2.14. The molecule has 6 heteroatoms. The minimum absolute atomic E-state index is 0. The minimum atomic E-state index is 0. The van der Waals surface area contributed by atoms with Crippen LogP contribution in [-0.4, -0.2) is 41.9 Å². The predicted octanol–water partition coefficient (Wildman–Crippen LogP) is 3.23. The maximum atomic E-state index is 12.4. The number of hydrogen-bond donors (Lipinski definition) is 1. The summed E-state index contributed by atoms with van der Waals surface area (Å²) in [6.45, 7) is 4.20. The van der Waals surface area contributed by atoms with Crippen molar-refractivity contribution in [3.63, 3.8) is 0 Å². The van der Waals surface area contributed by atoms with Gasteiger partial charge >= 0.3 is 0 Å². The molecule has 2 N–H and O–H groups in total. The zero-order chi connectivity index (χ0) is 16.9. The van der Waals surface area contributed by atoms with Crippen molar-refractivity contribution in [2.24, 2.45) is 0 Å². The molecule has 4 nitrogen and oxygen atoms in total. The van der Waals surface area contributed by atoms with E-state index in [1.54, 1.807) is 0 Å². The maximum absolute atomic E-state index is 12.4. The molecule has 2 aromatic rings. The number of amides is 1. The fraction of sp³-hybridized carbons (Fsp3) is 0.316. The molecule has 0 atom stereocenters. The number of benzene rings is 2. The number of nitrogens with zero attached hydrogens (tertiary/aromatic N) is 2. The maximum Gasteiger partial charge on any atom is 0.227 e. The first-order chi connectivity index (χ1) is 11.6. The summed E-state index contributed by atoms with van der Waals surface area (Å²) in [5, 5.41) is 0.696. The average molecular weight is 380 g/mol. The molecule has 1 aliphatic heterocycles. The monoisotopic (exact) mass is 379 g/mol. The Morgan fingerprint density at radius 3 is 2.32 bits per heavy atom.